The minimum atomic E-state index is 0.0987. The number of aromatic nitrogens is 3. The third kappa shape index (κ3) is 3.13. The summed E-state index contributed by atoms with van der Waals surface area (Å²) in [6, 6.07) is 14.6. The molecule has 0 saturated carbocycles. The van der Waals surface area contributed by atoms with Crippen molar-refractivity contribution in [1.29, 1.82) is 0 Å². The Morgan fingerprint density at radius 3 is 2.79 bits per heavy atom. The Bertz CT molecular complexity index is 1110. The molecule has 140 valence electrons. The number of nitrogens with one attached hydrogen (secondary N) is 1. The molecule has 1 unspecified atom stereocenters. The summed E-state index contributed by atoms with van der Waals surface area (Å²) in [4.78, 5) is 14.4. The van der Waals surface area contributed by atoms with E-state index in [0.717, 1.165) is 46.8 Å². The first-order valence-electron chi connectivity index (χ1n) is 9.17. The molecule has 1 aliphatic rings. The van der Waals surface area contributed by atoms with Crippen LogP contribution < -0.4 is 11.1 Å². The lowest BCUT2D eigenvalue weighted by Gasteiger charge is -2.24. The Kier molecular flexibility index (Phi) is 4.48. The fraction of sp³-hybridized carbons (Fsp3) is 0.190. The van der Waals surface area contributed by atoms with Crippen molar-refractivity contribution in [3.05, 3.63) is 59.7 Å². The Hall–Kier alpha value is -2.87. The van der Waals surface area contributed by atoms with Crippen molar-refractivity contribution in [2.24, 2.45) is 0 Å². The van der Waals surface area contributed by atoms with E-state index in [4.69, 9.17) is 15.5 Å². The number of pyridine rings is 1. The van der Waals surface area contributed by atoms with Crippen LogP contribution in [-0.4, -0.2) is 34.6 Å². The minimum absolute atomic E-state index is 0.0987. The lowest BCUT2D eigenvalue weighted by Crippen LogP contribution is -2.33. The van der Waals surface area contributed by atoms with Crippen LogP contribution in [0.5, 0.6) is 0 Å². The van der Waals surface area contributed by atoms with Crippen LogP contribution in [-0.2, 0) is 4.74 Å². The van der Waals surface area contributed by atoms with E-state index < -0.39 is 0 Å². The monoisotopic (exact) mass is 389 g/mol. The lowest BCUT2D eigenvalue weighted by atomic mass is 10.0. The maximum Gasteiger partial charge on any atom is 0.165 e. The van der Waals surface area contributed by atoms with Gasteiger partial charge in [-0.3, -0.25) is 0 Å². The number of nitrogens with zero attached hydrogens (tertiary/aromatic N) is 3. The number of hydrogen-bond acceptors (Lipinski definition) is 7. The largest absolute Gasteiger partial charge is 0.383 e. The van der Waals surface area contributed by atoms with Crippen molar-refractivity contribution in [1.82, 2.24) is 20.3 Å². The molecule has 1 saturated heterocycles. The minimum Gasteiger partial charge on any atom is -0.383 e. The molecular weight excluding hydrogens is 370 g/mol. The second-order valence-electron chi connectivity index (χ2n) is 6.68. The molecule has 1 aliphatic heterocycles. The first kappa shape index (κ1) is 17.2. The summed E-state index contributed by atoms with van der Waals surface area (Å²) in [6.07, 6.45) is 1.56. The van der Waals surface area contributed by atoms with Gasteiger partial charge in [-0.1, -0.05) is 30.3 Å². The highest BCUT2D eigenvalue weighted by atomic mass is 32.1. The van der Waals surface area contributed by atoms with Crippen molar-refractivity contribution in [2.75, 3.05) is 25.4 Å². The van der Waals surface area contributed by atoms with E-state index in [1.54, 1.807) is 11.3 Å². The molecule has 0 aliphatic carbocycles. The quantitative estimate of drug-likeness (QED) is 0.556. The molecule has 1 atom stereocenters. The number of hydrogen-bond donors (Lipinski definition) is 2. The summed E-state index contributed by atoms with van der Waals surface area (Å²) in [5.41, 5.74) is 10.8. The summed E-state index contributed by atoms with van der Waals surface area (Å²) >= 11 is 1.66. The van der Waals surface area contributed by atoms with Crippen LogP contribution in [0.1, 0.15) is 11.7 Å². The van der Waals surface area contributed by atoms with Gasteiger partial charge in [-0.25, -0.2) is 15.0 Å². The first-order chi connectivity index (χ1) is 13.8. The number of rotatable bonds is 3. The fourth-order valence-corrected chi connectivity index (χ4v) is 4.26. The summed E-state index contributed by atoms with van der Waals surface area (Å²) < 4.78 is 5.84. The smallest absolute Gasteiger partial charge is 0.165 e. The molecule has 7 heteroatoms. The number of morpholine rings is 1. The second kappa shape index (κ2) is 7.27. The van der Waals surface area contributed by atoms with E-state index in [2.05, 4.69) is 51.7 Å². The molecule has 3 N–H and O–H groups in total. The Balaban J connectivity index is 1.59. The predicted molar refractivity (Wildman–Crippen MR) is 112 cm³/mol. The molecule has 0 bridgehead atoms. The molecular formula is C21H19N5OS. The van der Waals surface area contributed by atoms with Gasteiger partial charge in [0, 0.05) is 29.1 Å². The van der Waals surface area contributed by atoms with Crippen LogP contribution in [0.4, 0.5) is 5.82 Å². The van der Waals surface area contributed by atoms with Crippen LogP contribution in [0, 0.1) is 0 Å². The lowest BCUT2D eigenvalue weighted by molar-refractivity contribution is 0.0277. The number of anilines is 1. The van der Waals surface area contributed by atoms with Gasteiger partial charge in [0.05, 0.1) is 23.8 Å². The first-order valence-corrected chi connectivity index (χ1v) is 10.1. The average Bonchev–Trinajstić information content (AvgIpc) is 3.29. The highest BCUT2D eigenvalue weighted by Gasteiger charge is 2.17. The van der Waals surface area contributed by atoms with E-state index in [-0.39, 0.29) is 6.10 Å². The number of thiophene rings is 1. The third-order valence-corrected chi connectivity index (χ3v) is 5.83. The molecule has 5 rings (SSSR count). The molecule has 0 amide bonds. The number of fused-ring (bicyclic) bond motifs is 1. The summed E-state index contributed by atoms with van der Waals surface area (Å²) in [5, 5.41) is 6.21. The van der Waals surface area contributed by atoms with Crippen LogP contribution in [0.2, 0.25) is 0 Å². The van der Waals surface area contributed by atoms with Gasteiger partial charge < -0.3 is 15.8 Å². The molecule has 3 aromatic heterocycles. The van der Waals surface area contributed by atoms with Gasteiger partial charge >= 0.3 is 0 Å². The zero-order valence-electron chi connectivity index (χ0n) is 15.1. The molecule has 6 nitrogen and oxygen atoms in total. The average molecular weight is 389 g/mol. The zero-order valence-corrected chi connectivity index (χ0v) is 15.9. The number of nitrogen functional groups attached to an aromatic ring is 1. The van der Waals surface area contributed by atoms with E-state index >= 15 is 0 Å². The maximum absolute atomic E-state index is 6.15. The van der Waals surface area contributed by atoms with Crippen LogP contribution >= 0.6 is 11.3 Å². The standard InChI is InChI=1S/C21H19N5OS/c22-20-19-15(18-2-1-9-28-18)10-16(26-21(19)25-12-24-20)13-3-5-14(6-4-13)17-11-23-7-8-27-17/h1-6,9-10,12,17,23H,7-8,11H2,(H2,22,24,25,26). The van der Waals surface area contributed by atoms with Crippen molar-refractivity contribution in [3.8, 4) is 21.7 Å². The van der Waals surface area contributed by atoms with Gasteiger partial charge in [0.15, 0.2) is 5.65 Å². The van der Waals surface area contributed by atoms with E-state index in [9.17, 15) is 0 Å². The summed E-state index contributed by atoms with van der Waals surface area (Å²) in [6.45, 7) is 2.49. The van der Waals surface area contributed by atoms with Crippen LogP contribution in [0.3, 0.4) is 0 Å². The highest BCUT2D eigenvalue weighted by molar-refractivity contribution is 7.13. The fourth-order valence-electron chi connectivity index (χ4n) is 3.51. The second-order valence-corrected chi connectivity index (χ2v) is 7.62. The van der Waals surface area contributed by atoms with Crippen molar-refractivity contribution < 1.29 is 4.74 Å². The van der Waals surface area contributed by atoms with E-state index in [0.29, 0.717) is 11.5 Å². The predicted octanol–water partition coefficient (Wildman–Crippen LogP) is 3.66. The number of ether oxygens (including phenoxy) is 1. The molecule has 4 heterocycles. The Morgan fingerprint density at radius 1 is 1.14 bits per heavy atom. The molecule has 1 aromatic carbocycles. The maximum atomic E-state index is 6.15. The normalized spacial score (nSPS) is 17.1. The highest BCUT2D eigenvalue weighted by Crippen LogP contribution is 2.36. The van der Waals surface area contributed by atoms with Gasteiger partial charge in [-0.2, -0.15) is 0 Å². The Morgan fingerprint density at radius 2 is 2.04 bits per heavy atom. The number of nitrogens with two attached hydrogens (primary N) is 1. The SMILES string of the molecule is Nc1ncnc2nc(-c3ccc(C4CNCCO4)cc3)cc(-c3cccs3)c12. The summed E-state index contributed by atoms with van der Waals surface area (Å²) in [7, 11) is 0. The van der Waals surface area contributed by atoms with Crippen molar-refractivity contribution in [2.45, 2.75) is 6.10 Å². The topological polar surface area (TPSA) is 86.0 Å². The molecule has 1 fully saturated rings. The molecule has 4 aromatic rings. The molecule has 0 radical (unpaired) electrons. The van der Waals surface area contributed by atoms with Gasteiger partial charge in [0.2, 0.25) is 0 Å². The Labute approximate surface area is 166 Å². The summed E-state index contributed by atoms with van der Waals surface area (Å²) in [5.74, 6) is 0.449. The van der Waals surface area contributed by atoms with Gasteiger partial charge in [-0.15, -0.1) is 11.3 Å². The van der Waals surface area contributed by atoms with E-state index in [1.165, 1.54) is 11.9 Å². The van der Waals surface area contributed by atoms with Crippen molar-refractivity contribution >= 4 is 28.2 Å². The molecule has 0 spiro atoms. The van der Waals surface area contributed by atoms with Crippen LogP contribution in [0.15, 0.2) is 54.2 Å². The van der Waals surface area contributed by atoms with E-state index in [1.807, 2.05) is 11.4 Å². The van der Waals surface area contributed by atoms with Gasteiger partial charge in [0.1, 0.15) is 12.1 Å². The van der Waals surface area contributed by atoms with Gasteiger partial charge in [-0.05, 0) is 23.1 Å². The third-order valence-electron chi connectivity index (χ3n) is 4.93. The molecule has 28 heavy (non-hydrogen) atoms. The van der Waals surface area contributed by atoms with Crippen molar-refractivity contribution in [3.63, 3.8) is 0 Å². The van der Waals surface area contributed by atoms with Gasteiger partial charge in [0.25, 0.3) is 0 Å². The zero-order chi connectivity index (χ0) is 18.9. The van der Waals surface area contributed by atoms with Crippen LogP contribution in [0.25, 0.3) is 32.7 Å². The number of benzene rings is 1.